The molecule has 3 rings (SSSR count). The zero-order valence-corrected chi connectivity index (χ0v) is 15.5. The Morgan fingerprint density at radius 1 is 1.27 bits per heavy atom. The highest BCUT2D eigenvalue weighted by atomic mass is 32.2. The number of carbonyl (C=O) groups excluding carboxylic acids is 1. The topological polar surface area (TPSA) is 107 Å². The maximum Gasteiger partial charge on any atom is 0.253 e. The molecule has 9 heteroatoms. The van der Waals surface area contributed by atoms with E-state index in [0.717, 1.165) is 15.6 Å². The van der Waals surface area contributed by atoms with Crippen LogP contribution in [0.15, 0.2) is 36.5 Å². The highest BCUT2D eigenvalue weighted by Gasteiger charge is 2.37. The fraction of sp³-hybridized carbons (Fsp3) is 0.412. The molecular weight excluding hydrogens is 356 g/mol. The number of nitrogens with zero attached hydrogens (tertiary/aromatic N) is 3. The number of carbonyl (C=O) groups is 1. The van der Waals surface area contributed by atoms with Crippen LogP contribution in [0.4, 0.5) is 0 Å². The molecule has 1 aromatic heterocycles. The SMILES string of the molecule is CN(C)S(=O)(=O)C[C@@H]1CN(C(=O)c2ccc(-c3ccn[nH]3)cc2)C[C@H]1O. The lowest BCUT2D eigenvalue weighted by Gasteiger charge is -2.18. The highest BCUT2D eigenvalue weighted by Crippen LogP contribution is 2.23. The molecule has 2 aromatic rings. The van der Waals surface area contributed by atoms with Crippen LogP contribution in [0.2, 0.25) is 0 Å². The van der Waals surface area contributed by atoms with Gasteiger partial charge < -0.3 is 10.0 Å². The van der Waals surface area contributed by atoms with E-state index < -0.39 is 22.0 Å². The Hall–Kier alpha value is -2.23. The lowest BCUT2D eigenvalue weighted by molar-refractivity contribution is 0.0765. The molecular formula is C17H22N4O4S. The normalized spacial score (nSPS) is 20.7. The summed E-state index contributed by atoms with van der Waals surface area (Å²) >= 11 is 0. The summed E-state index contributed by atoms with van der Waals surface area (Å²) in [5, 5.41) is 16.9. The number of nitrogens with one attached hydrogen (secondary N) is 1. The largest absolute Gasteiger partial charge is 0.391 e. The summed E-state index contributed by atoms with van der Waals surface area (Å²) < 4.78 is 25.2. The van der Waals surface area contributed by atoms with Gasteiger partial charge in [-0.25, -0.2) is 12.7 Å². The second-order valence-corrected chi connectivity index (χ2v) is 8.87. The first-order valence-corrected chi connectivity index (χ1v) is 9.86. The van der Waals surface area contributed by atoms with Gasteiger partial charge in [-0.1, -0.05) is 12.1 Å². The Balaban J connectivity index is 1.69. The van der Waals surface area contributed by atoms with E-state index in [0.29, 0.717) is 5.56 Å². The van der Waals surface area contributed by atoms with Crippen LogP contribution >= 0.6 is 0 Å². The summed E-state index contributed by atoms with van der Waals surface area (Å²) in [6, 6.07) is 8.91. The number of sulfonamides is 1. The Labute approximate surface area is 152 Å². The molecule has 1 aliphatic rings. The summed E-state index contributed by atoms with van der Waals surface area (Å²) in [4.78, 5) is 14.2. The van der Waals surface area contributed by atoms with Crippen molar-refractivity contribution in [3.63, 3.8) is 0 Å². The minimum Gasteiger partial charge on any atom is -0.391 e. The second-order valence-electron chi connectivity index (χ2n) is 6.65. The minimum atomic E-state index is -3.43. The monoisotopic (exact) mass is 378 g/mol. The summed E-state index contributed by atoms with van der Waals surface area (Å²) in [5.74, 6) is -0.885. The van der Waals surface area contributed by atoms with E-state index in [-0.39, 0.29) is 24.7 Å². The van der Waals surface area contributed by atoms with Gasteiger partial charge in [0.1, 0.15) is 0 Å². The van der Waals surface area contributed by atoms with Crippen molar-refractivity contribution in [1.29, 1.82) is 0 Å². The third-order valence-electron chi connectivity index (χ3n) is 4.62. The van der Waals surface area contributed by atoms with Crippen LogP contribution in [-0.4, -0.2) is 77.9 Å². The Morgan fingerprint density at radius 3 is 2.54 bits per heavy atom. The zero-order valence-electron chi connectivity index (χ0n) is 14.7. The summed E-state index contributed by atoms with van der Waals surface area (Å²) in [6.45, 7) is 0.351. The first-order valence-electron chi connectivity index (χ1n) is 8.25. The van der Waals surface area contributed by atoms with Gasteiger partial charge in [0.15, 0.2) is 0 Å². The van der Waals surface area contributed by atoms with Crippen molar-refractivity contribution in [1.82, 2.24) is 19.4 Å². The van der Waals surface area contributed by atoms with Gasteiger partial charge in [0.2, 0.25) is 10.0 Å². The van der Waals surface area contributed by atoms with Crippen LogP contribution in [-0.2, 0) is 10.0 Å². The van der Waals surface area contributed by atoms with Crippen molar-refractivity contribution in [3.05, 3.63) is 42.1 Å². The number of H-pyrrole nitrogens is 1. The van der Waals surface area contributed by atoms with Gasteiger partial charge in [-0.15, -0.1) is 0 Å². The number of hydrogen-bond acceptors (Lipinski definition) is 5. The van der Waals surface area contributed by atoms with Crippen molar-refractivity contribution < 1.29 is 18.3 Å². The molecule has 0 radical (unpaired) electrons. The van der Waals surface area contributed by atoms with E-state index in [4.69, 9.17) is 0 Å². The first-order chi connectivity index (χ1) is 12.3. The Morgan fingerprint density at radius 2 is 1.96 bits per heavy atom. The molecule has 2 atom stereocenters. The van der Waals surface area contributed by atoms with Crippen LogP contribution < -0.4 is 0 Å². The van der Waals surface area contributed by atoms with E-state index in [1.165, 1.54) is 19.0 Å². The molecule has 1 aliphatic heterocycles. The number of likely N-dealkylation sites (tertiary alicyclic amines) is 1. The molecule has 1 fully saturated rings. The van der Waals surface area contributed by atoms with E-state index in [1.807, 2.05) is 18.2 Å². The predicted octanol–water partition coefficient (Wildman–Crippen LogP) is 0.401. The zero-order chi connectivity index (χ0) is 18.9. The predicted molar refractivity (Wildman–Crippen MR) is 96.9 cm³/mol. The first kappa shape index (κ1) is 18.6. The number of amides is 1. The van der Waals surface area contributed by atoms with Gasteiger partial charge in [-0.3, -0.25) is 9.89 Å². The number of aromatic amines is 1. The molecule has 140 valence electrons. The van der Waals surface area contributed by atoms with Crippen LogP contribution in [0.25, 0.3) is 11.3 Å². The third-order valence-corrected chi connectivity index (χ3v) is 6.58. The molecule has 26 heavy (non-hydrogen) atoms. The van der Waals surface area contributed by atoms with Gasteiger partial charge in [0.25, 0.3) is 5.91 Å². The average molecular weight is 378 g/mol. The minimum absolute atomic E-state index is 0.134. The average Bonchev–Trinajstić information content (AvgIpc) is 3.25. The van der Waals surface area contributed by atoms with Crippen molar-refractivity contribution in [2.75, 3.05) is 32.9 Å². The molecule has 0 unspecified atom stereocenters. The van der Waals surface area contributed by atoms with Crippen molar-refractivity contribution in [3.8, 4) is 11.3 Å². The molecule has 1 amide bonds. The molecule has 0 spiro atoms. The fourth-order valence-electron chi connectivity index (χ4n) is 2.99. The molecule has 0 aliphatic carbocycles. The van der Waals surface area contributed by atoms with Gasteiger partial charge >= 0.3 is 0 Å². The number of rotatable bonds is 5. The maximum atomic E-state index is 12.7. The van der Waals surface area contributed by atoms with Crippen LogP contribution in [0.5, 0.6) is 0 Å². The van der Waals surface area contributed by atoms with Crippen molar-refractivity contribution in [2.45, 2.75) is 6.10 Å². The lowest BCUT2D eigenvalue weighted by Crippen LogP contribution is -2.33. The van der Waals surface area contributed by atoms with Crippen molar-refractivity contribution >= 4 is 15.9 Å². The summed E-state index contributed by atoms with van der Waals surface area (Å²) in [7, 11) is -0.515. The molecule has 0 saturated carbocycles. The standard InChI is InChI=1S/C17H22N4O4S/c1-20(2)26(24,25)11-14-9-21(10-16(14)22)17(23)13-5-3-12(4-6-13)15-7-8-18-19-15/h3-8,14,16,22H,9-11H2,1-2H3,(H,18,19)/t14-,16+/m0/s1. The van der Waals surface area contributed by atoms with Crippen molar-refractivity contribution in [2.24, 2.45) is 5.92 Å². The quantitative estimate of drug-likeness (QED) is 0.783. The van der Waals surface area contributed by atoms with E-state index in [9.17, 15) is 18.3 Å². The molecule has 1 aromatic carbocycles. The Bertz CT molecular complexity index is 863. The third kappa shape index (κ3) is 3.79. The van der Waals surface area contributed by atoms with Gasteiger partial charge in [-0.05, 0) is 23.8 Å². The lowest BCUT2D eigenvalue weighted by atomic mass is 10.1. The van der Waals surface area contributed by atoms with Gasteiger partial charge in [-0.2, -0.15) is 5.10 Å². The number of aromatic nitrogens is 2. The van der Waals surface area contributed by atoms with Gasteiger partial charge in [0, 0.05) is 44.9 Å². The smallest absolute Gasteiger partial charge is 0.253 e. The molecule has 2 heterocycles. The second kappa shape index (κ2) is 7.18. The number of aliphatic hydroxyl groups excluding tert-OH is 1. The summed E-state index contributed by atoms with van der Waals surface area (Å²) in [5.41, 5.74) is 2.27. The Kier molecular flexibility index (Phi) is 5.12. The number of aliphatic hydroxyl groups is 1. The summed E-state index contributed by atoms with van der Waals surface area (Å²) in [6.07, 6.45) is 0.806. The number of β-amino-alcohol motifs (C(OH)–C–C–N with tert-alkyl or cyclic N) is 1. The van der Waals surface area contributed by atoms with E-state index in [1.54, 1.807) is 18.3 Å². The highest BCUT2D eigenvalue weighted by molar-refractivity contribution is 7.89. The van der Waals surface area contributed by atoms with Crippen LogP contribution in [0.3, 0.4) is 0 Å². The molecule has 8 nitrogen and oxygen atoms in total. The number of hydrogen-bond donors (Lipinski definition) is 2. The number of benzene rings is 1. The van der Waals surface area contributed by atoms with E-state index >= 15 is 0 Å². The maximum absolute atomic E-state index is 12.7. The molecule has 0 bridgehead atoms. The molecule has 2 N–H and O–H groups in total. The van der Waals surface area contributed by atoms with E-state index in [2.05, 4.69) is 10.2 Å². The molecule has 1 saturated heterocycles. The van der Waals surface area contributed by atoms with Gasteiger partial charge in [0.05, 0.1) is 17.6 Å². The fourth-order valence-corrected chi connectivity index (χ4v) is 4.16. The van der Waals surface area contributed by atoms with Crippen LogP contribution in [0, 0.1) is 5.92 Å². The van der Waals surface area contributed by atoms with Crippen LogP contribution in [0.1, 0.15) is 10.4 Å².